The normalized spacial score (nSPS) is 11.3. The van der Waals surface area contributed by atoms with E-state index in [1.54, 1.807) is 12.1 Å². The summed E-state index contributed by atoms with van der Waals surface area (Å²) in [5.74, 6) is -0.199. The molecule has 27 heavy (non-hydrogen) atoms. The fourth-order valence-corrected chi connectivity index (χ4v) is 4.49. The van der Waals surface area contributed by atoms with Gasteiger partial charge >= 0.3 is 0 Å². The van der Waals surface area contributed by atoms with Crippen LogP contribution in [-0.2, 0) is 16.6 Å². The number of nitrogens with zero attached hydrogens (tertiary/aromatic N) is 2. The Bertz CT molecular complexity index is 1060. The Hall–Kier alpha value is -3.20. The summed E-state index contributed by atoms with van der Waals surface area (Å²) in [5.41, 5.74) is -0.136. The van der Waals surface area contributed by atoms with E-state index in [-0.39, 0.29) is 17.8 Å². The quantitative estimate of drug-likeness (QED) is 0.468. The highest BCUT2D eigenvalue weighted by molar-refractivity contribution is 7.93. The number of benzene rings is 2. The van der Waals surface area contributed by atoms with Crippen molar-refractivity contribution in [2.24, 2.45) is 0 Å². The van der Waals surface area contributed by atoms with Crippen LogP contribution in [0.15, 0.2) is 70.2 Å². The maximum atomic E-state index is 13.4. The van der Waals surface area contributed by atoms with E-state index in [1.807, 2.05) is 0 Å². The zero-order valence-corrected chi connectivity index (χ0v) is 15.0. The van der Waals surface area contributed by atoms with Crippen molar-refractivity contribution in [3.05, 3.63) is 88.1 Å². The Kier molecular flexibility index (Phi) is 4.95. The van der Waals surface area contributed by atoms with Crippen LogP contribution in [0.25, 0.3) is 0 Å². The van der Waals surface area contributed by atoms with E-state index in [2.05, 4.69) is 0 Å². The maximum Gasteiger partial charge on any atom is 0.290 e. The molecular formula is C18H15FN2O5S. The number of sulfonamides is 1. The molecule has 0 spiro atoms. The van der Waals surface area contributed by atoms with Crippen LogP contribution in [-0.4, -0.2) is 13.3 Å². The average molecular weight is 390 g/mol. The van der Waals surface area contributed by atoms with E-state index in [4.69, 9.17) is 4.42 Å². The molecule has 0 radical (unpaired) electrons. The topological polar surface area (TPSA) is 93.7 Å². The summed E-state index contributed by atoms with van der Waals surface area (Å²) in [6.07, 6.45) is 1.39. The molecule has 7 nitrogen and oxygen atoms in total. The summed E-state index contributed by atoms with van der Waals surface area (Å²) in [7, 11) is -4.34. The highest BCUT2D eigenvalue weighted by Gasteiger charge is 2.34. The summed E-state index contributed by atoms with van der Waals surface area (Å²) >= 11 is 0. The minimum Gasteiger partial charge on any atom is -0.467 e. The van der Waals surface area contributed by atoms with Gasteiger partial charge in [-0.1, -0.05) is 12.1 Å². The smallest absolute Gasteiger partial charge is 0.290 e. The molecular weight excluding hydrogens is 375 g/mol. The van der Waals surface area contributed by atoms with Gasteiger partial charge < -0.3 is 4.42 Å². The Morgan fingerprint density at radius 2 is 1.81 bits per heavy atom. The van der Waals surface area contributed by atoms with Gasteiger partial charge in [0.2, 0.25) is 0 Å². The molecule has 0 bridgehead atoms. The lowest BCUT2D eigenvalue weighted by Crippen LogP contribution is -2.31. The predicted molar refractivity (Wildman–Crippen MR) is 96.3 cm³/mol. The van der Waals surface area contributed by atoms with Gasteiger partial charge in [-0.3, -0.25) is 14.4 Å². The molecule has 140 valence electrons. The molecule has 2 aromatic carbocycles. The van der Waals surface area contributed by atoms with Crippen molar-refractivity contribution in [3.8, 4) is 0 Å². The van der Waals surface area contributed by atoms with Crippen LogP contribution in [0.5, 0.6) is 0 Å². The number of halogens is 1. The van der Waals surface area contributed by atoms with Crippen molar-refractivity contribution < 1.29 is 22.1 Å². The molecule has 1 heterocycles. The van der Waals surface area contributed by atoms with Gasteiger partial charge in [-0.2, -0.15) is 0 Å². The molecule has 3 rings (SSSR count). The van der Waals surface area contributed by atoms with Crippen molar-refractivity contribution in [1.29, 1.82) is 0 Å². The lowest BCUT2D eigenvalue weighted by atomic mass is 10.2. The lowest BCUT2D eigenvalue weighted by Gasteiger charge is -2.24. The molecule has 0 saturated heterocycles. The second-order valence-corrected chi connectivity index (χ2v) is 7.55. The van der Waals surface area contributed by atoms with Gasteiger partial charge in [0, 0.05) is 6.07 Å². The van der Waals surface area contributed by atoms with Gasteiger partial charge in [-0.25, -0.2) is 12.8 Å². The molecule has 0 atom stereocenters. The highest BCUT2D eigenvalue weighted by atomic mass is 32.2. The monoisotopic (exact) mass is 390 g/mol. The van der Waals surface area contributed by atoms with Crippen LogP contribution in [0.4, 0.5) is 15.8 Å². The van der Waals surface area contributed by atoms with Crippen molar-refractivity contribution in [1.82, 2.24) is 0 Å². The van der Waals surface area contributed by atoms with E-state index in [9.17, 15) is 22.9 Å². The summed E-state index contributed by atoms with van der Waals surface area (Å²) in [6.45, 7) is 1.28. The molecule has 0 saturated carbocycles. The number of nitro benzene ring substituents is 1. The Labute approximate surface area is 154 Å². The summed E-state index contributed by atoms with van der Waals surface area (Å²) < 4.78 is 46.3. The van der Waals surface area contributed by atoms with E-state index in [0.29, 0.717) is 5.76 Å². The first-order chi connectivity index (χ1) is 12.8. The fourth-order valence-electron chi connectivity index (χ4n) is 2.69. The SMILES string of the molecule is Cc1cccc([N+](=O)[O-])c1S(=O)(=O)N(Cc1ccco1)c1ccc(F)cc1. The van der Waals surface area contributed by atoms with Crippen molar-refractivity contribution in [3.63, 3.8) is 0 Å². The fraction of sp³-hybridized carbons (Fsp3) is 0.111. The largest absolute Gasteiger partial charge is 0.467 e. The summed E-state index contributed by atoms with van der Waals surface area (Å²) in [4.78, 5) is 10.2. The number of hydrogen-bond acceptors (Lipinski definition) is 5. The maximum absolute atomic E-state index is 13.4. The first-order valence-electron chi connectivity index (χ1n) is 7.85. The third-order valence-electron chi connectivity index (χ3n) is 3.93. The minimum absolute atomic E-state index is 0.158. The first kappa shape index (κ1) is 18.6. The zero-order chi connectivity index (χ0) is 19.6. The number of rotatable bonds is 6. The van der Waals surface area contributed by atoms with Crippen LogP contribution in [0, 0.1) is 22.9 Å². The Morgan fingerprint density at radius 1 is 1.11 bits per heavy atom. The molecule has 9 heteroatoms. The molecule has 0 aliphatic heterocycles. The van der Waals surface area contributed by atoms with E-state index in [1.165, 1.54) is 37.5 Å². The van der Waals surface area contributed by atoms with Gasteiger partial charge in [0.05, 0.1) is 23.4 Å². The van der Waals surface area contributed by atoms with Crippen LogP contribution in [0.3, 0.4) is 0 Å². The molecule has 0 unspecified atom stereocenters. The van der Waals surface area contributed by atoms with Crippen LogP contribution in [0.1, 0.15) is 11.3 Å². The second kappa shape index (κ2) is 7.20. The molecule has 0 amide bonds. The summed E-state index contributed by atoms with van der Waals surface area (Å²) in [5, 5.41) is 11.4. The van der Waals surface area contributed by atoms with Crippen molar-refractivity contribution in [2.45, 2.75) is 18.4 Å². The molecule has 0 aliphatic carbocycles. The van der Waals surface area contributed by atoms with Crippen molar-refractivity contribution >= 4 is 21.4 Å². The minimum atomic E-state index is -4.34. The Balaban J connectivity index is 2.19. The third-order valence-corrected chi connectivity index (χ3v) is 5.90. The van der Waals surface area contributed by atoms with Gasteiger partial charge in [0.15, 0.2) is 4.90 Å². The number of anilines is 1. The van der Waals surface area contributed by atoms with E-state index < -0.39 is 31.3 Å². The Morgan fingerprint density at radius 3 is 2.41 bits per heavy atom. The predicted octanol–water partition coefficient (Wildman–Crippen LogP) is 4.03. The van der Waals surface area contributed by atoms with Crippen LogP contribution < -0.4 is 4.31 Å². The van der Waals surface area contributed by atoms with Crippen LogP contribution in [0.2, 0.25) is 0 Å². The number of furan rings is 1. The third kappa shape index (κ3) is 3.68. The van der Waals surface area contributed by atoms with Gasteiger partial charge in [0.1, 0.15) is 11.6 Å². The van der Waals surface area contributed by atoms with Crippen molar-refractivity contribution in [2.75, 3.05) is 4.31 Å². The second-order valence-electron chi connectivity index (χ2n) is 5.75. The first-order valence-corrected chi connectivity index (χ1v) is 9.29. The van der Waals surface area contributed by atoms with Gasteiger partial charge in [-0.05, 0) is 48.9 Å². The lowest BCUT2D eigenvalue weighted by molar-refractivity contribution is -0.387. The van der Waals surface area contributed by atoms with Crippen LogP contribution >= 0.6 is 0 Å². The average Bonchev–Trinajstić information content (AvgIpc) is 3.13. The van der Waals surface area contributed by atoms with Gasteiger partial charge in [0.25, 0.3) is 15.7 Å². The standard InChI is InChI=1S/C18H15FN2O5S/c1-13-4-2-6-17(21(22)23)18(13)27(24,25)20(12-16-5-3-11-26-16)15-9-7-14(19)8-10-15/h2-11H,12H2,1H3. The number of nitro groups is 1. The highest BCUT2D eigenvalue weighted by Crippen LogP contribution is 2.33. The molecule has 0 aliphatic rings. The van der Waals surface area contributed by atoms with E-state index in [0.717, 1.165) is 22.5 Å². The molecule has 0 fully saturated rings. The number of aryl methyl sites for hydroxylation is 1. The van der Waals surface area contributed by atoms with Gasteiger partial charge in [-0.15, -0.1) is 0 Å². The summed E-state index contributed by atoms with van der Waals surface area (Å²) in [6, 6.07) is 12.0. The van der Waals surface area contributed by atoms with E-state index >= 15 is 0 Å². The molecule has 0 N–H and O–H groups in total. The zero-order valence-electron chi connectivity index (χ0n) is 14.2. The molecule has 3 aromatic rings. The molecule has 1 aromatic heterocycles. The number of hydrogen-bond donors (Lipinski definition) is 0.